The summed E-state index contributed by atoms with van der Waals surface area (Å²) in [4.78, 5) is 25.6. The van der Waals surface area contributed by atoms with Crippen LogP contribution >= 0.6 is 11.6 Å². The number of hydrogen-bond donors (Lipinski definition) is 2. The van der Waals surface area contributed by atoms with Crippen LogP contribution in [0.5, 0.6) is 0 Å². The second kappa shape index (κ2) is 9.50. The van der Waals surface area contributed by atoms with E-state index in [0.29, 0.717) is 31.2 Å². The van der Waals surface area contributed by atoms with Crippen LogP contribution in [0.15, 0.2) is 29.2 Å². The van der Waals surface area contributed by atoms with Gasteiger partial charge in [-0.1, -0.05) is 11.6 Å². The van der Waals surface area contributed by atoms with Crippen LogP contribution in [0.3, 0.4) is 0 Å². The van der Waals surface area contributed by atoms with E-state index in [1.54, 1.807) is 12.1 Å². The number of halogens is 1. The topological polar surface area (TPSA) is 98.8 Å². The molecule has 0 atom stereocenters. The molecule has 10 heteroatoms. The number of nitrogens with one attached hydrogen (secondary N) is 2. The third-order valence-corrected chi connectivity index (χ3v) is 6.21. The summed E-state index contributed by atoms with van der Waals surface area (Å²) in [6, 6.07) is 6.08. The highest BCUT2D eigenvalue weighted by atomic mass is 35.5. The number of carbonyl (C=O) groups excluding carboxylic acids is 2. The monoisotopic (exact) mass is 416 g/mol. The molecule has 1 aliphatic heterocycles. The molecule has 8 nitrogen and oxygen atoms in total. The number of rotatable bonds is 7. The molecular weight excluding hydrogens is 392 g/mol. The molecule has 2 amide bonds. The van der Waals surface area contributed by atoms with E-state index < -0.39 is 10.0 Å². The minimum absolute atomic E-state index is 0.0186. The lowest BCUT2D eigenvalue weighted by atomic mass is 10.3. The van der Waals surface area contributed by atoms with Gasteiger partial charge in [-0.05, 0) is 38.1 Å². The van der Waals surface area contributed by atoms with Gasteiger partial charge in [-0.15, -0.1) is 0 Å². The number of nitrogens with zero attached hydrogens (tertiary/aromatic N) is 2. The largest absolute Gasteiger partial charge is 0.352 e. The molecule has 27 heavy (non-hydrogen) atoms. The van der Waals surface area contributed by atoms with Crippen molar-refractivity contribution in [3.63, 3.8) is 0 Å². The zero-order valence-corrected chi connectivity index (χ0v) is 17.0. The highest BCUT2D eigenvalue weighted by Crippen LogP contribution is 2.19. The number of carbonyl (C=O) groups is 2. The third kappa shape index (κ3) is 6.46. The van der Waals surface area contributed by atoms with Crippen LogP contribution in [0.1, 0.15) is 13.8 Å². The maximum atomic E-state index is 12.6. The quantitative estimate of drug-likeness (QED) is 0.665. The summed E-state index contributed by atoms with van der Waals surface area (Å²) in [7, 11) is -3.57. The van der Waals surface area contributed by atoms with Crippen LogP contribution in [-0.2, 0) is 19.6 Å². The minimum atomic E-state index is -3.57. The molecule has 1 aromatic rings. The number of sulfonamides is 1. The van der Waals surface area contributed by atoms with Gasteiger partial charge in [0.15, 0.2) is 0 Å². The standard InChI is InChI=1S/C17H25ClN4O4S/c1-13(2)20-16(23)11-19-17(24)12-21-7-9-22(10-8-21)27(25,26)15-5-3-14(18)4-6-15/h3-6,13H,7-12H2,1-2H3,(H,19,24)(H,20,23). The summed E-state index contributed by atoms with van der Waals surface area (Å²) in [6.07, 6.45) is 0. The van der Waals surface area contributed by atoms with Crippen molar-refractivity contribution in [1.82, 2.24) is 19.8 Å². The van der Waals surface area contributed by atoms with Crippen LogP contribution in [0, 0.1) is 0 Å². The molecule has 1 aliphatic rings. The Bertz CT molecular complexity index is 760. The van der Waals surface area contributed by atoms with Crippen molar-refractivity contribution in [3.8, 4) is 0 Å². The van der Waals surface area contributed by atoms with Gasteiger partial charge in [0.1, 0.15) is 0 Å². The van der Waals surface area contributed by atoms with Crippen molar-refractivity contribution >= 4 is 33.4 Å². The molecule has 0 aromatic heterocycles. The van der Waals surface area contributed by atoms with Crippen molar-refractivity contribution in [1.29, 1.82) is 0 Å². The summed E-state index contributed by atoms with van der Waals surface area (Å²) in [5.41, 5.74) is 0. The Morgan fingerprint density at radius 1 is 1.07 bits per heavy atom. The lowest BCUT2D eigenvalue weighted by Gasteiger charge is -2.33. The maximum Gasteiger partial charge on any atom is 0.243 e. The molecule has 0 radical (unpaired) electrons. The summed E-state index contributed by atoms with van der Waals surface area (Å²) >= 11 is 5.81. The van der Waals surface area contributed by atoms with E-state index in [2.05, 4.69) is 10.6 Å². The molecule has 0 unspecified atom stereocenters. The Morgan fingerprint density at radius 2 is 1.67 bits per heavy atom. The number of benzene rings is 1. The van der Waals surface area contributed by atoms with Gasteiger partial charge in [0.05, 0.1) is 18.0 Å². The van der Waals surface area contributed by atoms with E-state index in [0.717, 1.165) is 0 Å². The fraction of sp³-hybridized carbons (Fsp3) is 0.529. The van der Waals surface area contributed by atoms with Gasteiger partial charge in [-0.3, -0.25) is 14.5 Å². The third-order valence-electron chi connectivity index (χ3n) is 4.05. The molecule has 2 rings (SSSR count). The van der Waals surface area contributed by atoms with Gasteiger partial charge in [0, 0.05) is 37.2 Å². The molecule has 0 aliphatic carbocycles. The Hall–Kier alpha value is -1.68. The Labute approximate surface area is 164 Å². The van der Waals surface area contributed by atoms with Crippen LogP contribution in [0.25, 0.3) is 0 Å². The molecule has 2 N–H and O–H groups in total. The SMILES string of the molecule is CC(C)NC(=O)CNC(=O)CN1CCN(S(=O)(=O)c2ccc(Cl)cc2)CC1. The predicted molar refractivity (Wildman–Crippen MR) is 103 cm³/mol. The summed E-state index contributed by atoms with van der Waals surface area (Å²) < 4.78 is 26.7. The number of amides is 2. The molecular formula is C17H25ClN4O4S. The van der Waals surface area contributed by atoms with Crippen LogP contribution in [0.2, 0.25) is 5.02 Å². The lowest BCUT2D eigenvalue weighted by Crippen LogP contribution is -2.51. The van der Waals surface area contributed by atoms with E-state index in [4.69, 9.17) is 11.6 Å². The summed E-state index contributed by atoms with van der Waals surface area (Å²) in [5, 5.41) is 5.74. The molecule has 0 spiro atoms. The van der Waals surface area contributed by atoms with Crippen LogP contribution < -0.4 is 10.6 Å². The second-order valence-electron chi connectivity index (χ2n) is 6.63. The van der Waals surface area contributed by atoms with E-state index in [1.165, 1.54) is 16.4 Å². The molecule has 1 saturated heterocycles. The van der Waals surface area contributed by atoms with Gasteiger partial charge >= 0.3 is 0 Å². The zero-order chi connectivity index (χ0) is 20.0. The highest BCUT2D eigenvalue weighted by molar-refractivity contribution is 7.89. The molecule has 150 valence electrons. The van der Waals surface area contributed by atoms with Crippen molar-refractivity contribution in [2.45, 2.75) is 24.8 Å². The van der Waals surface area contributed by atoms with Crippen molar-refractivity contribution < 1.29 is 18.0 Å². The van der Waals surface area contributed by atoms with Crippen molar-refractivity contribution in [2.75, 3.05) is 39.3 Å². The van der Waals surface area contributed by atoms with Gasteiger partial charge in [-0.25, -0.2) is 8.42 Å². The molecule has 1 aromatic carbocycles. The molecule has 0 bridgehead atoms. The van der Waals surface area contributed by atoms with Gasteiger partial charge in [0.2, 0.25) is 21.8 Å². The number of hydrogen-bond acceptors (Lipinski definition) is 5. The average molecular weight is 417 g/mol. The Balaban J connectivity index is 1.80. The zero-order valence-electron chi connectivity index (χ0n) is 15.4. The average Bonchev–Trinajstić information content (AvgIpc) is 2.60. The number of piperazine rings is 1. The van der Waals surface area contributed by atoms with Crippen LogP contribution in [0.4, 0.5) is 0 Å². The smallest absolute Gasteiger partial charge is 0.243 e. The Morgan fingerprint density at radius 3 is 2.22 bits per heavy atom. The van der Waals surface area contributed by atoms with Crippen molar-refractivity contribution in [3.05, 3.63) is 29.3 Å². The van der Waals surface area contributed by atoms with Crippen LogP contribution in [-0.4, -0.2) is 74.7 Å². The summed E-state index contributed by atoms with van der Waals surface area (Å²) in [6.45, 7) is 5.23. The fourth-order valence-corrected chi connectivity index (χ4v) is 4.24. The normalized spacial score (nSPS) is 16.3. The maximum absolute atomic E-state index is 12.6. The van der Waals surface area contributed by atoms with E-state index in [-0.39, 0.29) is 35.8 Å². The molecule has 1 fully saturated rings. The molecule has 0 saturated carbocycles. The van der Waals surface area contributed by atoms with E-state index in [9.17, 15) is 18.0 Å². The summed E-state index contributed by atoms with van der Waals surface area (Å²) in [5.74, 6) is -0.500. The second-order valence-corrected chi connectivity index (χ2v) is 9.01. The fourth-order valence-electron chi connectivity index (χ4n) is 2.69. The van der Waals surface area contributed by atoms with E-state index >= 15 is 0 Å². The van der Waals surface area contributed by atoms with Gasteiger partial charge < -0.3 is 10.6 Å². The van der Waals surface area contributed by atoms with Crippen molar-refractivity contribution in [2.24, 2.45) is 0 Å². The minimum Gasteiger partial charge on any atom is -0.352 e. The Kier molecular flexibility index (Phi) is 7.60. The first-order valence-electron chi connectivity index (χ1n) is 8.72. The first-order chi connectivity index (χ1) is 12.7. The lowest BCUT2D eigenvalue weighted by molar-refractivity contribution is -0.127. The van der Waals surface area contributed by atoms with Gasteiger partial charge in [-0.2, -0.15) is 4.31 Å². The molecule has 1 heterocycles. The van der Waals surface area contributed by atoms with E-state index in [1.807, 2.05) is 18.7 Å². The first kappa shape index (κ1) is 21.6. The predicted octanol–water partition coefficient (Wildman–Crippen LogP) is 0.287. The first-order valence-corrected chi connectivity index (χ1v) is 10.5. The van der Waals surface area contributed by atoms with Gasteiger partial charge in [0.25, 0.3) is 0 Å². The highest BCUT2D eigenvalue weighted by Gasteiger charge is 2.29.